The van der Waals surface area contributed by atoms with Crippen molar-refractivity contribution in [3.8, 4) is 72.4 Å². The topological polar surface area (TPSA) is 34.0 Å². The molecule has 0 fully saturated rings. The monoisotopic (exact) mass is 1010 g/mol. The van der Waals surface area contributed by atoms with E-state index < -0.39 is 0 Å². The number of aromatic nitrogens is 3. The zero-order valence-electron chi connectivity index (χ0n) is 44.1. The fourth-order valence-corrected chi connectivity index (χ4v) is 12.7. The molecule has 13 rings (SSSR count). The maximum absolute atomic E-state index is 4.97. The van der Waals surface area contributed by atoms with E-state index in [4.69, 9.17) is 8.75 Å². The molecular formula is C72H56N4S. The maximum atomic E-state index is 4.97. The highest BCUT2D eigenvalue weighted by Gasteiger charge is 2.22. The summed E-state index contributed by atoms with van der Waals surface area (Å²) in [5, 5.41) is 2.42. The number of fused-ring (bicyclic) bond motifs is 4. The highest BCUT2D eigenvalue weighted by Crippen LogP contribution is 2.43. The number of hydrogen-bond acceptors (Lipinski definition) is 4. The summed E-state index contributed by atoms with van der Waals surface area (Å²) in [4.78, 5) is 2.29. The molecule has 0 bridgehead atoms. The summed E-state index contributed by atoms with van der Waals surface area (Å²) < 4.78 is 12.3. The van der Waals surface area contributed by atoms with E-state index >= 15 is 0 Å². The predicted octanol–water partition coefficient (Wildman–Crippen LogP) is 20.1. The number of hydrogen-bond donors (Lipinski definition) is 0. The van der Waals surface area contributed by atoms with Crippen molar-refractivity contribution in [2.24, 2.45) is 0 Å². The van der Waals surface area contributed by atoms with Crippen molar-refractivity contribution in [1.82, 2.24) is 13.3 Å². The molecule has 0 aliphatic rings. The smallest absolute Gasteiger partial charge is 0.129 e. The molecular weight excluding hydrogens is 953 g/mol. The molecule has 0 aliphatic heterocycles. The van der Waals surface area contributed by atoms with Crippen molar-refractivity contribution in [2.75, 3.05) is 4.90 Å². The van der Waals surface area contributed by atoms with Crippen LogP contribution in [0.1, 0.15) is 33.4 Å². The molecule has 4 nitrogen and oxygen atoms in total. The zero-order valence-corrected chi connectivity index (χ0v) is 45.0. The minimum atomic E-state index is 0.867. The van der Waals surface area contributed by atoms with Gasteiger partial charge in [-0.15, -0.1) is 0 Å². The molecule has 0 saturated carbocycles. The Hall–Kier alpha value is -9.16. The van der Waals surface area contributed by atoms with Crippen LogP contribution in [0.2, 0.25) is 0 Å². The second-order valence-electron chi connectivity index (χ2n) is 20.7. The molecule has 2 aromatic heterocycles. The van der Waals surface area contributed by atoms with Gasteiger partial charge < -0.3 is 9.47 Å². The number of aryl methyl sites for hydroxylation is 6. The lowest BCUT2D eigenvalue weighted by atomic mass is 9.92. The lowest BCUT2D eigenvalue weighted by Crippen LogP contribution is -2.10. The fraction of sp³-hybridized carbons (Fsp3) is 0.0833. The number of benzene rings is 11. The molecule has 0 unspecified atom stereocenters. The molecule has 13 aromatic rings. The fourth-order valence-electron chi connectivity index (χ4n) is 12.1. The Bertz CT molecular complexity index is 4140. The molecule has 0 N–H and O–H groups in total. The van der Waals surface area contributed by atoms with E-state index in [2.05, 4.69) is 282 Å². The standard InChI is InChI=1S/C72H56N4S/c1-45-39-47(3)69(48(4)40-45)56-21-17-53(18-22-56)58-29-36-66-64(43-58)65-44-59(54-19-23-57(24-20-54)70-49(5)41-46(2)42-50(70)6)30-37-67(65)76(66)62-33-27-55(28-34-62)63-35-38-68(72-71(63)73-77-74-72)75(60-15-11-8-12-16-60)61-31-25-52(26-32-61)51-13-9-7-10-14-51/h7-44H,1-6H3. The minimum Gasteiger partial charge on any atom is -0.309 e. The molecule has 0 spiro atoms. The van der Waals surface area contributed by atoms with Crippen molar-refractivity contribution in [1.29, 1.82) is 0 Å². The van der Waals surface area contributed by atoms with Crippen LogP contribution in [0.3, 0.4) is 0 Å². The molecule has 0 atom stereocenters. The first-order valence-electron chi connectivity index (χ1n) is 26.5. The third kappa shape index (κ3) is 8.69. The Kier molecular flexibility index (Phi) is 12.1. The number of para-hydroxylation sites is 1. The van der Waals surface area contributed by atoms with E-state index in [1.54, 1.807) is 0 Å². The van der Waals surface area contributed by atoms with Gasteiger partial charge in [-0.2, -0.15) is 8.75 Å². The summed E-state index contributed by atoms with van der Waals surface area (Å²) in [7, 11) is 0. The van der Waals surface area contributed by atoms with Crippen LogP contribution in [0, 0.1) is 41.5 Å². The first kappa shape index (κ1) is 47.5. The molecule has 2 heterocycles. The number of rotatable bonds is 10. The Morgan fingerprint density at radius 3 is 1.26 bits per heavy atom. The van der Waals surface area contributed by atoms with Crippen LogP contribution in [-0.4, -0.2) is 13.3 Å². The van der Waals surface area contributed by atoms with Crippen LogP contribution >= 0.6 is 11.7 Å². The first-order valence-corrected chi connectivity index (χ1v) is 27.2. The molecule has 0 saturated heterocycles. The summed E-state index contributed by atoms with van der Waals surface area (Å²) in [5.74, 6) is 0. The number of nitrogens with zero attached hydrogens (tertiary/aromatic N) is 4. The van der Waals surface area contributed by atoms with Gasteiger partial charge in [0.15, 0.2) is 0 Å². The van der Waals surface area contributed by atoms with Crippen molar-refractivity contribution < 1.29 is 0 Å². The Labute approximate surface area is 455 Å². The van der Waals surface area contributed by atoms with Crippen LogP contribution in [-0.2, 0) is 0 Å². The summed E-state index contributed by atoms with van der Waals surface area (Å²) in [6, 6.07) is 84.5. The van der Waals surface area contributed by atoms with Gasteiger partial charge in [-0.3, -0.25) is 0 Å². The third-order valence-corrected chi connectivity index (χ3v) is 16.0. The molecule has 77 heavy (non-hydrogen) atoms. The normalized spacial score (nSPS) is 11.5. The van der Waals surface area contributed by atoms with Gasteiger partial charge in [-0.1, -0.05) is 169 Å². The quantitative estimate of drug-likeness (QED) is 0.137. The van der Waals surface area contributed by atoms with Gasteiger partial charge in [0.2, 0.25) is 0 Å². The van der Waals surface area contributed by atoms with Crippen molar-refractivity contribution in [3.63, 3.8) is 0 Å². The van der Waals surface area contributed by atoms with E-state index in [0.717, 1.165) is 55.9 Å². The summed E-state index contributed by atoms with van der Waals surface area (Å²) in [6.45, 7) is 13.2. The van der Waals surface area contributed by atoms with Crippen molar-refractivity contribution in [2.45, 2.75) is 41.5 Å². The van der Waals surface area contributed by atoms with Crippen LogP contribution in [0.15, 0.2) is 231 Å². The van der Waals surface area contributed by atoms with E-state index in [1.807, 2.05) is 0 Å². The predicted molar refractivity (Wildman–Crippen MR) is 327 cm³/mol. The Balaban J connectivity index is 0.886. The van der Waals surface area contributed by atoms with Gasteiger partial charge in [0.05, 0.1) is 28.4 Å². The van der Waals surface area contributed by atoms with Gasteiger partial charge in [-0.25, -0.2) is 0 Å². The third-order valence-electron chi connectivity index (χ3n) is 15.5. The van der Waals surface area contributed by atoms with E-state index in [0.29, 0.717) is 0 Å². The van der Waals surface area contributed by atoms with Gasteiger partial charge in [0.1, 0.15) is 11.0 Å². The molecule has 5 heteroatoms. The molecule has 370 valence electrons. The van der Waals surface area contributed by atoms with Crippen LogP contribution in [0.4, 0.5) is 17.1 Å². The lowest BCUT2D eigenvalue weighted by Gasteiger charge is -2.26. The van der Waals surface area contributed by atoms with Gasteiger partial charge >= 0.3 is 0 Å². The van der Waals surface area contributed by atoms with E-state index in [-0.39, 0.29) is 0 Å². The minimum absolute atomic E-state index is 0.867. The highest BCUT2D eigenvalue weighted by molar-refractivity contribution is 7.00. The molecule has 0 amide bonds. The zero-order chi connectivity index (χ0) is 52.3. The molecule has 11 aromatic carbocycles. The van der Waals surface area contributed by atoms with Crippen LogP contribution < -0.4 is 4.90 Å². The van der Waals surface area contributed by atoms with Crippen LogP contribution in [0.5, 0.6) is 0 Å². The SMILES string of the molecule is Cc1cc(C)c(-c2ccc(-c3ccc4c(c3)c3cc(-c5ccc(-c6c(C)cc(C)cc6C)cc5)ccc3n4-c3ccc(-c4ccc(N(c5ccccc5)c5ccc(-c6ccccc6)cc5)c5nsnc45)cc3)cc2)c(C)c1. The first-order chi connectivity index (χ1) is 37.6. The van der Waals surface area contributed by atoms with Crippen molar-refractivity contribution >= 4 is 61.6 Å². The second kappa shape index (κ2) is 19.5. The van der Waals surface area contributed by atoms with Gasteiger partial charge in [0.25, 0.3) is 0 Å². The van der Waals surface area contributed by atoms with E-state index in [9.17, 15) is 0 Å². The highest BCUT2D eigenvalue weighted by atomic mass is 32.1. The summed E-state index contributed by atoms with van der Waals surface area (Å²) in [6.07, 6.45) is 0. The van der Waals surface area contributed by atoms with E-state index in [1.165, 1.54) is 112 Å². The van der Waals surface area contributed by atoms with Gasteiger partial charge in [0, 0.05) is 33.4 Å². The lowest BCUT2D eigenvalue weighted by molar-refractivity contribution is 1.18. The molecule has 0 aliphatic carbocycles. The summed E-state index contributed by atoms with van der Waals surface area (Å²) >= 11 is 1.26. The van der Waals surface area contributed by atoms with Crippen LogP contribution in [0.25, 0.3) is 105 Å². The second-order valence-corrected chi connectivity index (χ2v) is 21.3. The van der Waals surface area contributed by atoms with Crippen molar-refractivity contribution in [3.05, 3.63) is 264 Å². The average molecular weight is 1010 g/mol. The number of anilines is 3. The Morgan fingerprint density at radius 1 is 0.338 bits per heavy atom. The Morgan fingerprint density at radius 2 is 0.740 bits per heavy atom. The average Bonchev–Trinajstić information content (AvgIpc) is 4.07. The maximum Gasteiger partial charge on any atom is 0.129 e. The van der Waals surface area contributed by atoms with Gasteiger partial charge in [-0.05, 0) is 198 Å². The largest absolute Gasteiger partial charge is 0.309 e. The summed E-state index contributed by atoms with van der Waals surface area (Å²) in [5.41, 5.74) is 30.4. The molecule has 0 radical (unpaired) electrons.